The molecule has 1 aromatic carbocycles. The Morgan fingerprint density at radius 2 is 2.37 bits per heavy atom. The van der Waals surface area contributed by atoms with Crippen molar-refractivity contribution < 1.29 is 14.2 Å². The van der Waals surface area contributed by atoms with Gasteiger partial charge in [-0.05, 0) is 30.5 Å². The molecule has 0 spiro atoms. The Labute approximate surface area is 117 Å². The lowest BCUT2D eigenvalue weighted by Gasteiger charge is -2.09. The van der Waals surface area contributed by atoms with E-state index in [1.165, 1.54) is 6.07 Å². The zero-order chi connectivity index (χ0) is 13.5. The molecule has 2 nitrogen and oxygen atoms in total. The molecule has 0 aliphatic carbocycles. The summed E-state index contributed by atoms with van der Waals surface area (Å²) in [5, 5.41) is 8.59. The van der Waals surface area contributed by atoms with Crippen molar-refractivity contribution in [2.45, 2.75) is 24.7 Å². The molecule has 1 unspecified atom stereocenters. The highest BCUT2D eigenvalue weighted by molar-refractivity contribution is 7.98. The number of thioether (sulfide) groups is 1. The van der Waals surface area contributed by atoms with Crippen LogP contribution in [0.5, 0.6) is 0 Å². The summed E-state index contributed by atoms with van der Waals surface area (Å²) < 4.78 is 19.3. The molecule has 0 amide bonds. The van der Waals surface area contributed by atoms with Gasteiger partial charge in [0.05, 0.1) is 6.10 Å². The van der Waals surface area contributed by atoms with Crippen LogP contribution in [0.2, 0.25) is 0 Å². The Morgan fingerprint density at radius 1 is 1.47 bits per heavy atom. The summed E-state index contributed by atoms with van der Waals surface area (Å²) in [7, 11) is 0. The lowest BCUT2D eigenvalue weighted by atomic mass is 10.1. The van der Waals surface area contributed by atoms with E-state index < -0.39 is 0 Å². The predicted molar refractivity (Wildman–Crippen MR) is 75.5 cm³/mol. The Bertz CT molecular complexity index is 473. The normalized spacial score (nSPS) is 18.1. The van der Waals surface area contributed by atoms with E-state index in [0.717, 1.165) is 25.2 Å². The minimum atomic E-state index is -0.232. The zero-order valence-electron chi connectivity index (χ0n) is 10.7. The van der Waals surface area contributed by atoms with Crippen molar-refractivity contribution in [2.24, 2.45) is 0 Å². The number of benzene rings is 1. The summed E-state index contributed by atoms with van der Waals surface area (Å²) in [6.45, 7) is 0.651. The second-order valence-electron chi connectivity index (χ2n) is 4.42. The van der Waals surface area contributed by atoms with E-state index >= 15 is 0 Å². The highest BCUT2D eigenvalue weighted by Crippen LogP contribution is 2.21. The van der Waals surface area contributed by atoms with Gasteiger partial charge in [-0.3, -0.25) is 0 Å². The van der Waals surface area contributed by atoms with Crippen LogP contribution in [0, 0.1) is 17.7 Å². The fraction of sp³-hybridized carbons (Fsp3) is 0.467. The Hall–Kier alpha value is -1.02. The van der Waals surface area contributed by atoms with Gasteiger partial charge in [0, 0.05) is 23.7 Å². The number of ether oxygens (including phenoxy) is 1. The van der Waals surface area contributed by atoms with Crippen LogP contribution in [-0.2, 0) is 10.5 Å². The van der Waals surface area contributed by atoms with E-state index in [4.69, 9.17) is 9.84 Å². The Balaban J connectivity index is 1.86. The van der Waals surface area contributed by atoms with Crippen LogP contribution in [0.15, 0.2) is 18.2 Å². The van der Waals surface area contributed by atoms with Crippen molar-refractivity contribution in [3.63, 3.8) is 0 Å². The number of aliphatic hydroxyl groups is 1. The first-order valence-electron chi connectivity index (χ1n) is 6.37. The van der Waals surface area contributed by atoms with Crippen LogP contribution >= 0.6 is 11.8 Å². The van der Waals surface area contributed by atoms with Crippen molar-refractivity contribution in [3.05, 3.63) is 35.1 Å². The predicted octanol–water partition coefficient (Wildman–Crippen LogP) is 2.58. The van der Waals surface area contributed by atoms with Crippen molar-refractivity contribution in [3.8, 4) is 11.8 Å². The average molecular weight is 280 g/mol. The highest BCUT2D eigenvalue weighted by Gasteiger charge is 2.15. The molecule has 19 heavy (non-hydrogen) atoms. The second-order valence-corrected chi connectivity index (χ2v) is 5.45. The SMILES string of the molecule is OCC#Cc1ccc(CSCC2CCCO2)c(F)c1. The Morgan fingerprint density at radius 3 is 3.05 bits per heavy atom. The number of hydrogen-bond acceptors (Lipinski definition) is 3. The summed E-state index contributed by atoms with van der Waals surface area (Å²) in [5.41, 5.74) is 1.29. The van der Waals surface area contributed by atoms with Gasteiger partial charge < -0.3 is 9.84 Å². The summed E-state index contributed by atoms with van der Waals surface area (Å²) in [5.74, 6) is 6.55. The molecular formula is C15H17FO2S. The van der Waals surface area contributed by atoms with Gasteiger partial charge in [-0.25, -0.2) is 4.39 Å². The fourth-order valence-electron chi connectivity index (χ4n) is 1.96. The standard InChI is InChI=1S/C15H17FO2S/c16-15-9-12(3-1-7-17)5-6-13(15)10-19-11-14-4-2-8-18-14/h5-6,9,14,17H,2,4,7-8,10-11H2. The van der Waals surface area contributed by atoms with Gasteiger partial charge in [-0.2, -0.15) is 11.8 Å². The van der Waals surface area contributed by atoms with Crippen LogP contribution in [0.1, 0.15) is 24.0 Å². The summed E-state index contributed by atoms with van der Waals surface area (Å²) in [6, 6.07) is 4.97. The van der Waals surface area contributed by atoms with Crippen LogP contribution in [-0.4, -0.2) is 30.2 Å². The van der Waals surface area contributed by atoms with Gasteiger partial charge in [0.2, 0.25) is 0 Å². The first kappa shape index (κ1) is 14.4. The molecule has 1 aliphatic rings. The molecule has 1 aromatic rings. The van der Waals surface area contributed by atoms with Crippen LogP contribution in [0.25, 0.3) is 0 Å². The molecule has 0 aromatic heterocycles. The minimum absolute atomic E-state index is 0.208. The van der Waals surface area contributed by atoms with Crippen LogP contribution in [0.4, 0.5) is 4.39 Å². The fourth-order valence-corrected chi connectivity index (χ4v) is 3.06. The Kier molecular flexibility index (Phi) is 5.71. The van der Waals surface area contributed by atoms with Crippen molar-refractivity contribution in [1.82, 2.24) is 0 Å². The maximum absolute atomic E-state index is 13.8. The van der Waals surface area contributed by atoms with Crippen molar-refractivity contribution >= 4 is 11.8 Å². The van der Waals surface area contributed by atoms with E-state index in [2.05, 4.69) is 11.8 Å². The van der Waals surface area contributed by atoms with Crippen molar-refractivity contribution in [1.29, 1.82) is 0 Å². The number of halogens is 1. The van der Waals surface area contributed by atoms with E-state index in [1.54, 1.807) is 23.9 Å². The summed E-state index contributed by atoms with van der Waals surface area (Å²) in [4.78, 5) is 0. The molecule has 1 fully saturated rings. The van der Waals surface area contributed by atoms with Crippen LogP contribution in [0.3, 0.4) is 0 Å². The van der Waals surface area contributed by atoms with Gasteiger partial charge in [-0.1, -0.05) is 17.9 Å². The molecule has 1 aliphatic heterocycles. The lowest BCUT2D eigenvalue weighted by Crippen LogP contribution is -2.08. The van der Waals surface area contributed by atoms with Crippen LogP contribution < -0.4 is 0 Å². The minimum Gasteiger partial charge on any atom is -0.384 e. The van der Waals surface area contributed by atoms with Gasteiger partial charge in [0.25, 0.3) is 0 Å². The molecule has 0 bridgehead atoms. The molecule has 0 saturated carbocycles. The molecular weight excluding hydrogens is 263 g/mol. The topological polar surface area (TPSA) is 29.5 Å². The van der Waals surface area contributed by atoms with Gasteiger partial charge in [0.15, 0.2) is 0 Å². The number of rotatable bonds is 4. The highest BCUT2D eigenvalue weighted by atomic mass is 32.2. The molecule has 4 heteroatoms. The lowest BCUT2D eigenvalue weighted by molar-refractivity contribution is 0.129. The van der Waals surface area contributed by atoms with E-state index in [9.17, 15) is 4.39 Å². The summed E-state index contributed by atoms with van der Waals surface area (Å²) >= 11 is 1.70. The number of hydrogen-bond donors (Lipinski definition) is 1. The second kappa shape index (κ2) is 7.54. The smallest absolute Gasteiger partial charge is 0.128 e. The summed E-state index contributed by atoms with van der Waals surface area (Å²) in [6.07, 6.45) is 2.59. The maximum Gasteiger partial charge on any atom is 0.128 e. The molecule has 1 heterocycles. The average Bonchev–Trinajstić information content (AvgIpc) is 2.92. The van der Waals surface area contributed by atoms with E-state index in [-0.39, 0.29) is 12.4 Å². The quantitative estimate of drug-likeness (QED) is 0.860. The monoisotopic (exact) mass is 280 g/mol. The largest absolute Gasteiger partial charge is 0.384 e. The molecule has 1 atom stereocenters. The van der Waals surface area contributed by atoms with Gasteiger partial charge in [0.1, 0.15) is 12.4 Å². The maximum atomic E-state index is 13.8. The van der Waals surface area contributed by atoms with Gasteiger partial charge >= 0.3 is 0 Å². The van der Waals surface area contributed by atoms with E-state index in [1.807, 2.05) is 0 Å². The third-order valence-electron chi connectivity index (χ3n) is 2.95. The van der Waals surface area contributed by atoms with Crippen molar-refractivity contribution in [2.75, 3.05) is 19.0 Å². The molecule has 0 radical (unpaired) electrons. The third-order valence-corrected chi connectivity index (χ3v) is 4.07. The zero-order valence-corrected chi connectivity index (χ0v) is 11.5. The van der Waals surface area contributed by atoms with E-state index in [0.29, 0.717) is 23.0 Å². The third kappa shape index (κ3) is 4.54. The first-order valence-corrected chi connectivity index (χ1v) is 7.52. The molecule has 2 rings (SSSR count). The molecule has 1 saturated heterocycles. The molecule has 102 valence electrons. The first-order chi connectivity index (χ1) is 9.29. The molecule has 1 N–H and O–H groups in total. The number of aliphatic hydroxyl groups excluding tert-OH is 1. The van der Waals surface area contributed by atoms with Gasteiger partial charge in [-0.15, -0.1) is 0 Å².